The van der Waals surface area contributed by atoms with E-state index in [0.29, 0.717) is 19.3 Å². The normalized spacial score (nSPS) is 12.2. The number of hydrogen-bond donors (Lipinski definition) is 0. The molecule has 0 saturated heterocycles. The third-order valence-electron chi connectivity index (χ3n) is 16.6. The maximum atomic E-state index is 13.0. The van der Waals surface area contributed by atoms with Crippen molar-refractivity contribution in [2.75, 3.05) is 13.2 Å². The van der Waals surface area contributed by atoms with Gasteiger partial charge in [-0.3, -0.25) is 14.4 Å². The van der Waals surface area contributed by atoms with Gasteiger partial charge in [-0.2, -0.15) is 0 Å². The Morgan fingerprint density at radius 2 is 0.444 bits per heavy atom. The molecule has 0 aliphatic rings. The van der Waals surface area contributed by atoms with Gasteiger partial charge in [-0.1, -0.05) is 346 Å². The molecule has 81 heavy (non-hydrogen) atoms. The van der Waals surface area contributed by atoms with Crippen molar-refractivity contribution in [1.29, 1.82) is 0 Å². The lowest BCUT2D eigenvalue weighted by Gasteiger charge is -2.18. The summed E-state index contributed by atoms with van der Waals surface area (Å²) in [7, 11) is 0. The lowest BCUT2D eigenvalue weighted by atomic mass is 10.0. The third kappa shape index (κ3) is 68.3. The molecule has 0 heterocycles. The molecule has 0 aromatic carbocycles. The first-order valence-corrected chi connectivity index (χ1v) is 36.5. The Morgan fingerprint density at radius 1 is 0.247 bits per heavy atom. The summed E-state index contributed by atoms with van der Waals surface area (Å²) in [6.45, 7) is 6.71. The van der Waals surface area contributed by atoms with Crippen LogP contribution in [0.2, 0.25) is 0 Å². The van der Waals surface area contributed by atoms with E-state index >= 15 is 0 Å². The summed E-state index contributed by atoms with van der Waals surface area (Å²) in [5.74, 6) is -0.842. The molecule has 0 aliphatic carbocycles. The second-order valence-electron chi connectivity index (χ2n) is 24.9. The first kappa shape index (κ1) is 78.6. The Bertz CT molecular complexity index is 1350. The highest BCUT2D eigenvalue weighted by atomic mass is 16.6. The highest BCUT2D eigenvalue weighted by molar-refractivity contribution is 5.71. The predicted molar refractivity (Wildman–Crippen MR) is 353 cm³/mol. The van der Waals surface area contributed by atoms with E-state index < -0.39 is 6.10 Å². The Labute approximate surface area is 506 Å². The minimum Gasteiger partial charge on any atom is -0.462 e. The van der Waals surface area contributed by atoms with Crippen molar-refractivity contribution in [2.45, 2.75) is 412 Å². The Morgan fingerprint density at radius 3 is 0.691 bits per heavy atom. The van der Waals surface area contributed by atoms with Crippen LogP contribution in [0.4, 0.5) is 0 Å². The fourth-order valence-electron chi connectivity index (χ4n) is 11.1. The van der Waals surface area contributed by atoms with Crippen molar-refractivity contribution in [3.05, 3.63) is 36.5 Å². The summed E-state index contributed by atoms with van der Waals surface area (Å²) in [5.41, 5.74) is 0. The Balaban J connectivity index is 4.32. The SMILES string of the molecule is CCCCCCC/C=C\C/C=C\CCCCCCCCCCCC(=O)OC(COC(=O)CCCCCCCCCCCCC/C=C\CCCCCCCCCC)COC(=O)CCCCCCCCCCCCCCCCCCCCC. The van der Waals surface area contributed by atoms with Gasteiger partial charge in [0.1, 0.15) is 13.2 Å². The first-order valence-electron chi connectivity index (χ1n) is 36.5. The summed E-state index contributed by atoms with van der Waals surface area (Å²) in [6, 6.07) is 0. The van der Waals surface area contributed by atoms with Gasteiger partial charge in [-0.05, 0) is 77.0 Å². The number of carbonyl (C=O) groups is 3. The number of ether oxygens (including phenoxy) is 3. The monoisotopic (exact) mass is 1140 g/mol. The molecule has 0 aromatic heterocycles. The molecule has 6 nitrogen and oxygen atoms in total. The summed E-state index contributed by atoms with van der Waals surface area (Å²) in [4.78, 5) is 38.5. The van der Waals surface area contributed by atoms with Crippen LogP contribution in [0.1, 0.15) is 406 Å². The topological polar surface area (TPSA) is 78.9 Å². The molecule has 0 N–H and O–H groups in total. The van der Waals surface area contributed by atoms with E-state index in [1.165, 1.54) is 302 Å². The molecule has 0 amide bonds. The molecule has 6 heteroatoms. The molecule has 1 unspecified atom stereocenters. The van der Waals surface area contributed by atoms with E-state index in [2.05, 4.69) is 57.2 Å². The molecule has 0 aliphatic heterocycles. The van der Waals surface area contributed by atoms with Crippen LogP contribution in [-0.4, -0.2) is 37.2 Å². The van der Waals surface area contributed by atoms with Crippen LogP contribution < -0.4 is 0 Å². The number of unbranched alkanes of at least 4 members (excludes halogenated alkanes) is 51. The molecular weight excluding hydrogens is 997 g/mol. The molecular formula is C75H140O6. The third-order valence-corrected chi connectivity index (χ3v) is 16.6. The smallest absolute Gasteiger partial charge is 0.306 e. The van der Waals surface area contributed by atoms with Crippen molar-refractivity contribution in [3.63, 3.8) is 0 Å². The van der Waals surface area contributed by atoms with E-state index in [1.807, 2.05) is 0 Å². The van der Waals surface area contributed by atoms with E-state index in [0.717, 1.165) is 64.2 Å². The Hall–Kier alpha value is -2.37. The Kier molecular flexibility index (Phi) is 68.1. The van der Waals surface area contributed by atoms with Crippen LogP contribution in [0.3, 0.4) is 0 Å². The van der Waals surface area contributed by atoms with Gasteiger partial charge in [0.2, 0.25) is 0 Å². The van der Waals surface area contributed by atoms with Gasteiger partial charge in [-0.15, -0.1) is 0 Å². The second-order valence-corrected chi connectivity index (χ2v) is 24.9. The molecule has 0 radical (unpaired) electrons. The van der Waals surface area contributed by atoms with Gasteiger partial charge in [0.05, 0.1) is 0 Å². The zero-order chi connectivity index (χ0) is 58.5. The molecule has 0 aromatic rings. The molecule has 0 rings (SSSR count). The summed E-state index contributed by atoms with van der Waals surface area (Å²) >= 11 is 0. The van der Waals surface area contributed by atoms with Crippen LogP contribution in [0.5, 0.6) is 0 Å². The van der Waals surface area contributed by atoms with Crippen molar-refractivity contribution in [2.24, 2.45) is 0 Å². The number of allylic oxidation sites excluding steroid dienone is 6. The molecule has 0 spiro atoms. The average Bonchev–Trinajstić information content (AvgIpc) is 3.47. The van der Waals surface area contributed by atoms with Gasteiger partial charge in [0.15, 0.2) is 6.10 Å². The highest BCUT2D eigenvalue weighted by Crippen LogP contribution is 2.18. The summed E-state index contributed by atoms with van der Waals surface area (Å²) < 4.78 is 17.0. The van der Waals surface area contributed by atoms with Crippen LogP contribution in [-0.2, 0) is 28.6 Å². The molecule has 0 bridgehead atoms. The van der Waals surface area contributed by atoms with Crippen LogP contribution in [0.25, 0.3) is 0 Å². The fraction of sp³-hybridized carbons (Fsp3) is 0.880. The predicted octanol–water partition coefficient (Wildman–Crippen LogP) is 25.1. The van der Waals surface area contributed by atoms with Crippen molar-refractivity contribution >= 4 is 17.9 Å². The number of rotatable bonds is 68. The fourth-order valence-corrected chi connectivity index (χ4v) is 11.1. The zero-order valence-corrected chi connectivity index (χ0v) is 54.8. The largest absolute Gasteiger partial charge is 0.462 e. The van der Waals surface area contributed by atoms with Crippen LogP contribution >= 0.6 is 0 Å². The average molecular weight is 1140 g/mol. The van der Waals surface area contributed by atoms with Gasteiger partial charge in [0, 0.05) is 19.3 Å². The first-order chi connectivity index (χ1) is 40.0. The second kappa shape index (κ2) is 70.1. The number of esters is 3. The lowest BCUT2D eigenvalue weighted by Crippen LogP contribution is -2.30. The minimum absolute atomic E-state index is 0.0687. The van der Waals surface area contributed by atoms with E-state index in [-0.39, 0.29) is 31.1 Å². The lowest BCUT2D eigenvalue weighted by molar-refractivity contribution is -0.167. The molecule has 1 atom stereocenters. The van der Waals surface area contributed by atoms with E-state index in [9.17, 15) is 14.4 Å². The van der Waals surface area contributed by atoms with Crippen LogP contribution in [0.15, 0.2) is 36.5 Å². The van der Waals surface area contributed by atoms with Gasteiger partial charge in [0.25, 0.3) is 0 Å². The minimum atomic E-state index is -0.774. The van der Waals surface area contributed by atoms with Gasteiger partial charge >= 0.3 is 17.9 Å². The van der Waals surface area contributed by atoms with E-state index in [4.69, 9.17) is 14.2 Å². The van der Waals surface area contributed by atoms with Gasteiger partial charge < -0.3 is 14.2 Å². The highest BCUT2D eigenvalue weighted by Gasteiger charge is 2.19. The molecule has 476 valence electrons. The summed E-state index contributed by atoms with van der Waals surface area (Å²) in [5, 5.41) is 0. The standard InChI is InChI=1S/C75H140O6/c1-4-7-10-13-16-19-22-25-28-31-34-36-37-39-41-44-47-50-53-56-59-62-65-68-74(77)80-71-72(70-79-73(76)67-64-61-58-55-52-49-46-43-40-33-30-27-24-21-18-15-12-9-6-3)81-75(78)69-66-63-60-57-54-51-48-45-42-38-35-32-29-26-23-20-17-14-11-8-5-2/h23,26,31-32,34-35,72H,4-22,24-25,27-30,33,36-71H2,1-3H3/b26-23-,34-31-,35-32-. The van der Waals surface area contributed by atoms with Gasteiger partial charge in [-0.25, -0.2) is 0 Å². The maximum Gasteiger partial charge on any atom is 0.306 e. The van der Waals surface area contributed by atoms with Crippen molar-refractivity contribution in [3.8, 4) is 0 Å². The molecule has 0 saturated carbocycles. The summed E-state index contributed by atoms with van der Waals surface area (Å²) in [6.07, 6.45) is 87.4. The van der Waals surface area contributed by atoms with E-state index in [1.54, 1.807) is 0 Å². The quantitative estimate of drug-likeness (QED) is 0.0261. The molecule has 0 fully saturated rings. The van der Waals surface area contributed by atoms with Crippen LogP contribution in [0, 0.1) is 0 Å². The van der Waals surface area contributed by atoms with Crippen molar-refractivity contribution < 1.29 is 28.6 Å². The number of carbonyl (C=O) groups excluding carboxylic acids is 3. The number of hydrogen-bond acceptors (Lipinski definition) is 6. The van der Waals surface area contributed by atoms with Crippen molar-refractivity contribution in [1.82, 2.24) is 0 Å². The zero-order valence-electron chi connectivity index (χ0n) is 54.8. The maximum absolute atomic E-state index is 13.0.